The molecule has 1 aliphatic carbocycles. The average molecular weight is 275 g/mol. The Morgan fingerprint density at radius 1 is 1.39 bits per heavy atom. The molecule has 18 heavy (non-hydrogen) atoms. The first-order valence-electron chi connectivity index (χ1n) is 7.14. The molecular formula is C14H27ClN2O. The zero-order valence-electron chi connectivity index (χ0n) is 11.6. The molecule has 0 aromatic heterocycles. The second-order valence-electron chi connectivity index (χ2n) is 6.25. The molecule has 0 aromatic rings. The largest absolute Gasteiger partial charge is 0.352 e. The Hall–Kier alpha value is -0.280. The van der Waals surface area contributed by atoms with Gasteiger partial charge in [0.25, 0.3) is 0 Å². The first kappa shape index (κ1) is 15.8. The molecule has 0 aromatic carbocycles. The smallest absolute Gasteiger partial charge is 0.226 e. The highest BCUT2D eigenvalue weighted by Gasteiger charge is 2.44. The number of carbonyl (C=O) groups is 1. The summed E-state index contributed by atoms with van der Waals surface area (Å²) in [6.45, 7) is 6.48. The average Bonchev–Trinajstić information content (AvgIpc) is 2.24. The molecule has 2 aliphatic rings. The number of carbonyl (C=O) groups excluding carboxylic acids is 1. The van der Waals surface area contributed by atoms with Gasteiger partial charge < -0.3 is 10.6 Å². The van der Waals surface area contributed by atoms with E-state index in [2.05, 4.69) is 24.5 Å². The Labute approximate surface area is 117 Å². The summed E-state index contributed by atoms with van der Waals surface area (Å²) >= 11 is 0. The maximum atomic E-state index is 12.4. The Morgan fingerprint density at radius 3 is 2.56 bits per heavy atom. The number of halogens is 1. The molecule has 0 radical (unpaired) electrons. The van der Waals surface area contributed by atoms with Gasteiger partial charge in [-0.2, -0.15) is 0 Å². The molecule has 1 saturated carbocycles. The third kappa shape index (κ3) is 3.61. The Balaban J connectivity index is 0.00000162. The zero-order chi connectivity index (χ0) is 12.3. The maximum Gasteiger partial charge on any atom is 0.226 e. The molecule has 1 saturated heterocycles. The van der Waals surface area contributed by atoms with Gasteiger partial charge in [0.05, 0.1) is 0 Å². The van der Waals surface area contributed by atoms with Crippen molar-refractivity contribution in [2.75, 3.05) is 13.1 Å². The summed E-state index contributed by atoms with van der Waals surface area (Å²) in [5.41, 5.74) is -0.0222. The van der Waals surface area contributed by atoms with Crippen LogP contribution in [0.4, 0.5) is 0 Å². The zero-order valence-corrected chi connectivity index (χ0v) is 12.4. The molecule has 2 fully saturated rings. The fourth-order valence-corrected chi connectivity index (χ4v) is 3.22. The second kappa shape index (κ2) is 6.76. The molecule has 1 amide bonds. The van der Waals surface area contributed by atoms with Gasteiger partial charge in [0.1, 0.15) is 0 Å². The van der Waals surface area contributed by atoms with E-state index >= 15 is 0 Å². The van der Waals surface area contributed by atoms with Gasteiger partial charge in [0.15, 0.2) is 0 Å². The van der Waals surface area contributed by atoms with E-state index in [1.807, 2.05) is 0 Å². The molecule has 0 unspecified atom stereocenters. The summed E-state index contributed by atoms with van der Waals surface area (Å²) < 4.78 is 0. The summed E-state index contributed by atoms with van der Waals surface area (Å²) in [5.74, 6) is 0.941. The van der Waals surface area contributed by atoms with Crippen LogP contribution in [-0.2, 0) is 4.79 Å². The molecule has 2 N–H and O–H groups in total. The fourth-order valence-electron chi connectivity index (χ4n) is 3.22. The highest BCUT2D eigenvalue weighted by atomic mass is 35.5. The van der Waals surface area contributed by atoms with Crippen molar-refractivity contribution in [1.29, 1.82) is 0 Å². The number of rotatable bonds is 4. The third-order valence-electron chi connectivity index (χ3n) is 4.22. The van der Waals surface area contributed by atoms with Crippen molar-refractivity contribution in [3.05, 3.63) is 0 Å². The van der Waals surface area contributed by atoms with Crippen LogP contribution in [0.5, 0.6) is 0 Å². The quantitative estimate of drug-likeness (QED) is 0.827. The third-order valence-corrected chi connectivity index (χ3v) is 4.22. The lowest BCUT2D eigenvalue weighted by Crippen LogP contribution is -2.53. The lowest BCUT2D eigenvalue weighted by molar-refractivity contribution is -0.138. The maximum absolute atomic E-state index is 12.4. The predicted molar refractivity (Wildman–Crippen MR) is 77.0 cm³/mol. The minimum absolute atomic E-state index is 0. The van der Waals surface area contributed by atoms with E-state index in [1.165, 1.54) is 12.8 Å². The second-order valence-corrected chi connectivity index (χ2v) is 6.25. The Kier molecular flexibility index (Phi) is 5.93. The standard InChI is InChI=1S/C14H26N2O.ClH/c1-11(2)9-14(6-4-7-14)13(17)16-12-5-3-8-15-10-12;/h11-12,15H,3-10H2,1-2H3,(H,16,17);1H/t12-;/m0./s1. The van der Waals surface area contributed by atoms with Gasteiger partial charge in [-0.15, -0.1) is 12.4 Å². The summed E-state index contributed by atoms with van der Waals surface area (Å²) in [6, 6.07) is 0.362. The molecule has 106 valence electrons. The molecule has 4 heteroatoms. The summed E-state index contributed by atoms with van der Waals surface area (Å²) in [4.78, 5) is 12.4. The Morgan fingerprint density at radius 2 is 2.11 bits per heavy atom. The van der Waals surface area contributed by atoms with E-state index < -0.39 is 0 Å². The summed E-state index contributed by atoms with van der Waals surface area (Å²) in [7, 11) is 0. The topological polar surface area (TPSA) is 41.1 Å². The van der Waals surface area contributed by atoms with Crippen LogP contribution in [0, 0.1) is 11.3 Å². The minimum Gasteiger partial charge on any atom is -0.352 e. The van der Waals surface area contributed by atoms with E-state index in [-0.39, 0.29) is 17.8 Å². The normalized spacial score (nSPS) is 26.1. The van der Waals surface area contributed by atoms with Crippen LogP contribution in [-0.4, -0.2) is 25.0 Å². The summed E-state index contributed by atoms with van der Waals surface area (Å²) in [5, 5.41) is 6.62. The van der Waals surface area contributed by atoms with Crippen molar-refractivity contribution >= 4 is 18.3 Å². The number of piperidine rings is 1. The first-order chi connectivity index (χ1) is 8.12. The monoisotopic (exact) mass is 274 g/mol. The van der Waals surface area contributed by atoms with E-state index in [0.717, 1.165) is 38.8 Å². The first-order valence-corrected chi connectivity index (χ1v) is 7.14. The van der Waals surface area contributed by atoms with E-state index in [1.54, 1.807) is 0 Å². The Bertz CT molecular complexity index is 271. The van der Waals surface area contributed by atoms with Gasteiger partial charge in [-0.05, 0) is 44.6 Å². The van der Waals surface area contributed by atoms with Crippen molar-refractivity contribution in [2.45, 2.75) is 58.4 Å². The molecule has 1 heterocycles. The fraction of sp³-hybridized carbons (Fsp3) is 0.929. The van der Waals surface area contributed by atoms with E-state index in [4.69, 9.17) is 0 Å². The van der Waals surface area contributed by atoms with Crippen LogP contribution in [0.3, 0.4) is 0 Å². The molecule has 0 spiro atoms. The van der Waals surface area contributed by atoms with Crippen molar-refractivity contribution in [2.24, 2.45) is 11.3 Å². The molecular weight excluding hydrogens is 248 g/mol. The SMILES string of the molecule is CC(C)CC1(C(=O)N[C@H]2CCCNC2)CCC1.Cl. The predicted octanol–water partition coefficient (Wildman–Crippen LogP) is 2.49. The van der Waals surface area contributed by atoms with Gasteiger partial charge in [0.2, 0.25) is 5.91 Å². The van der Waals surface area contributed by atoms with Crippen molar-refractivity contribution < 1.29 is 4.79 Å². The van der Waals surface area contributed by atoms with Gasteiger partial charge >= 0.3 is 0 Å². The van der Waals surface area contributed by atoms with Crippen LogP contribution < -0.4 is 10.6 Å². The molecule has 1 aliphatic heterocycles. The van der Waals surface area contributed by atoms with Crippen molar-refractivity contribution in [1.82, 2.24) is 10.6 Å². The van der Waals surface area contributed by atoms with Gasteiger partial charge in [0, 0.05) is 18.0 Å². The van der Waals surface area contributed by atoms with Crippen LogP contribution in [0.15, 0.2) is 0 Å². The summed E-state index contributed by atoms with van der Waals surface area (Å²) in [6.07, 6.45) is 6.79. The van der Waals surface area contributed by atoms with Crippen LogP contribution in [0.2, 0.25) is 0 Å². The number of nitrogens with one attached hydrogen (secondary N) is 2. The van der Waals surface area contributed by atoms with E-state index in [9.17, 15) is 4.79 Å². The van der Waals surface area contributed by atoms with Crippen LogP contribution in [0.1, 0.15) is 52.4 Å². The molecule has 3 nitrogen and oxygen atoms in total. The van der Waals surface area contributed by atoms with Crippen molar-refractivity contribution in [3.8, 4) is 0 Å². The van der Waals surface area contributed by atoms with Gasteiger partial charge in [-0.25, -0.2) is 0 Å². The van der Waals surface area contributed by atoms with Crippen LogP contribution >= 0.6 is 12.4 Å². The molecule has 2 rings (SSSR count). The molecule has 1 atom stereocenters. The minimum atomic E-state index is -0.0222. The number of hydrogen-bond donors (Lipinski definition) is 2. The number of amides is 1. The van der Waals surface area contributed by atoms with Gasteiger partial charge in [-0.1, -0.05) is 20.3 Å². The van der Waals surface area contributed by atoms with E-state index in [0.29, 0.717) is 17.9 Å². The highest BCUT2D eigenvalue weighted by Crippen LogP contribution is 2.46. The number of hydrogen-bond acceptors (Lipinski definition) is 2. The van der Waals surface area contributed by atoms with Crippen LogP contribution in [0.25, 0.3) is 0 Å². The van der Waals surface area contributed by atoms with Crippen molar-refractivity contribution in [3.63, 3.8) is 0 Å². The molecule has 0 bridgehead atoms. The highest BCUT2D eigenvalue weighted by molar-refractivity contribution is 5.85. The lowest BCUT2D eigenvalue weighted by atomic mass is 9.64. The van der Waals surface area contributed by atoms with Gasteiger partial charge in [-0.3, -0.25) is 4.79 Å². The lowest BCUT2D eigenvalue weighted by Gasteiger charge is -2.42.